The first-order chi connectivity index (χ1) is 10.8. The van der Waals surface area contributed by atoms with Crippen LogP contribution in [0.3, 0.4) is 0 Å². The number of nitrogens with one attached hydrogen (secondary N) is 2. The summed E-state index contributed by atoms with van der Waals surface area (Å²) in [6, 6.07) is 8.11. The van der Waals surface area contributed by atoms with Gasteiger partial charge in [-0.15, -0.1) is 10.2 Å². The Morgan fingerprint density at radius 2 is 2.23 bits per heavy atom. The quantitative estimate of drug-likeness (QED) is 0.533. The maximum Gasteiger partial charge on any atom is 0.226 e. The second-order valence-electron chi connectivity index (χ2n) is 4.71. The highest BCUT2D eigenvalue weighted by molar-refractivity contribution is 8.01. The molecule has 0 fully saturated rings. The van der Waals surface area contributed by atoms with Crippen LogP contribution in [0.15, 0.2) is 34.8 Å². The van der Waals surface area contributed by atoms with Gasteiger partial charge in [0.1, 0.15) is 0 Å². The zero-order valence-corrected chi connectivity index (χ0v) is 13.8. The summed E-state index contributed by atoms with van der Waals surface area (Å²) in [6.45, 7) is 2.06. The number of aryl methyl sites for hydroxylation is 1. The van der Waals surface area contributed by atoms with Gasteiger partial charge in [-0.05, 0) is 23.8 Å². The molecule has 0 atom stereocenters. The molecule has 114 valence electrons. The lowest BCUT2D eigenvalue weighted by molar-refractivity contribution is -0.116. The van der Waals surface area contributed by atoms with Crippen molar-refractivity contribution < 1.29 is 4.79 Å². The fraction of sp³-hybridized carbons (Fsp3) is 0.267. The van der Waals surface area contributed by atoms with Gasteiger partial charge >= 0.3 is 0 Å². The molecule has 0 saturated heterocycles. The van der Waals surface area contributed by atoms with E-state index >= 15 is 0 Å². The van der Waals surface area contributed by atoms with Crippen LogP contribution in [-0.4, -0.2) is 26.8 Å². The summed E-state index contributed by atoms with van der Waals surface area (Å²) in [5, 5.41) is 12.6. The molecular weight excluding hydrogens is 316 g/mol. The predicted molar refractivity (Wildman–Crippen MR) is 91.6 cm³/mol. The van der Waals surface area contributed by atoms with Gasteiger partial charge in [0.15, 0.2) is 4.34 Å². The highest BCUT2D eigenvalue weighted by atomic mass is 32.2. The normalized spacial score (nSPS) is 11.0. The van der Waals surface area contributed by atoms with E-state index in [1.165, 1.54) is 16.7 Å². The van der Waals surface area contributed by atoms with Gasteiger partial charge < -0.3 is 10.3 Å². The summed E-state index contributed by atoms with van der Waals surface area (Å²) in [4.78, 5) is 15.2. The first-order valence-corrected chi connectivity index (χ1v) is 8.87. The third kappa shape index (κ3) is 3.48. The van der Waals surface area contributed by atoms with Gasteiger partial charge in [0, 0.05) is 23.5 Å². The number of hydrogen-bond donors (Lipinski definition) is 2. The van der Waals surface area contributed by atoms with Crippen molar-refractivity contribution in [1.82, 2.24) is 15.2 Å². The number of para-hydroxylation sites is 1. The van der Waals surface area contributed by atoms with Crippen LogP contribution in [0.25, 0.3) is 10.9 Å². The van der Waals surface area contributed by atoms with E-state index in [-0.39, 0.29) is 5.91 Å². The van der Waals surface area contributed by atoms with E-state index in [2.05, 4.69) is 33.5 Å². The number of amides is 1. The minimum Gasteiger partial charge on any atom is -0.361 e. The van der Waals surface area contributed by atoms with Crippen molar-refractivity contribution in [3.63, 3.8) is 0 Å². The fourth-order valence-corrected chi connectivity index (χ4v) is 3.88. The van der Waals surface area contributed by atoms with Crippen LogP contribution in [0, 0.1) is 0 Å². The molecule has 1 aromatic carbocycles. The monoisotopic (exact) mass is 332 g/mol. The Hall–Kier alpha value is -1.86. The lowest BCUT2D eigenvalue weighted by atomic mass is 10.1. The van der Waals surface area contributed by atoms with Crippen molar-refractivity contribution in [2.24, 2.45) is 0 Å². The SMILES string of the molecule is CCSc1nnc(NC(=O)CCc2c[nH]c3ccccc23)s1. The zero-order chi connectivity index (χ0) is 15.4. The summed E-state index contributed by atoms with van der Waals surface area (Å²) in [7, 11) is 0. The second kappa shape index (κ2) is 6.93. The number of anilines is 1. The number of rotatable bonds is 6. The molecule has 0 bridgehead atoms. The standard InChI is InChI=1S/C15H16N4OS2/c1-2-21-15-19-18-14(22-15)17-13(20)8-7-10-9-16-12-6-4-3-5-11(10)12/h3-6,9,16H,2,7-8H2,1H3,(H,17,18,20). The lowest BCUT2D eigenvalue weighted by Gasteiger charge is -2.00. The topological polar surface area (TPSA) is 70.7 Å². The molecule has 2 heterocycles. The first kappa shape index (κ1) is 15.1. The van der Waals surface area contributed by atoms with Crippen molar-refractivity contribution in [3.8, 4) is 0 Å². The van der Waals surface area contributed by atoms with Gasteiger partial charge in [-0.2, -0.15) is 0 Å². The van der Waals surface area contributed by atoms with E-state index in [9.17, 15) is 4.79 Å². The molecule has 0 spiro atoms. The van der Waals surface area contributed by atoms with Gasteiger partial charge in [-0.1, -0.05) is 48.2 Å². The third-order valence-corrected chi connectivity index (χ3v) is 5.07. The number of thioether (sulfide) groups is 1. The summed E-state index contributed by atoms with van der Waals surface area (Å²) in [5.74, 6) is 0.915. The number of benzene rings is 1. The van der Waals surface area contributed by atoms with Gasteiger partial charge in [-0.3, -0.25) is 4.79 Å². The molecule has 0 unspecified atom stereocenters. The lowest BCUT2D eigenvalue weighted by Crippen LogP contribution is -2.12. The minimum absolute atomic E-state index is 0.0329. The Labute approximate surface area is 136 Å². The molecule has 3 aromatic rings. The van der Waals surface area contributed by atoms with E-state index in [1.807, 2.05) is 24.4 Å². The molecule has 5 nitrogen and oxygen atoms in total. The van der Waals surface area contributed by atoms with Crippen LogP contribution in [0.1, 0.15) is 18.9 Å². The van der Waals surface area contributed by atoms with Crippen molar-refractivity contribution in [3.05, 3.63) is 36.0 Å². The van der Waals surface area contributed by atoms with Gasteiger partial charge in [0.05, 0.1) is 0 Å². The molecule has 3 rings (SSSR count). The molecule has 0 aliphatic heterocycles. The Morgan fingerprint density at radius 3 is 3.09 bits per heavy atom. The largest absolute Gasteiger partial charge is 0.361 e. The Morgan fingerprint density at radius 1 is 1.36 bits per heavy atom. The fourth-order valence-electron chi connectivity index (χ4n) is 2.21. The number of fused-ring (bicyclic) bond motifs is 1. The van der Waals surface area contributed by atoms with E-state index in [4.69, 9.17) is 0 Å². The molecule has 7 heteroatoms. The smallest absolute Gasteiger partial charge is 0.226 e. The van der Waals surface area contributed by atoms with Gasteiger partial charge in [-0.25, -0.2) is 0 Å². The van der Waals surface area contributed by atoms with E-state index < -0.39 is 0 Å². The van der Waals surface area contributed by atoms with Crippen molar-refractivity contribution in [1.29, 1.82) is 0 Å². The number of carbonyl (C=O) groups is 1. The highest BCUT2D eigenvalue weighted by Crippen LogP contribution is 2.25. The third-order valence-electron chi connectivity index (χ3n) is 3.22. The predicted octanol–water partition coefficient (Wildman–Crippen LogP) is 3.70. The van der Waals surface area contributed by atoms with Crippen molar-refractivity contribution >= 4 is 45.0 Å². The average Bonchev–Trinajstić information content (AvgIpc) is 3.12. The summed E-state index contributed by atoms with van der Waals surface area (Å²) < 4.78 is 0.884. The average molecular weight is 332 g/mol. The van der Waals surface area contributed by atoms with Crippen LogP contribution < -0.4 is 5.32 Å². The zero-order valence-electron chi connectivity index (χ0n) is 12.1. The molecule has 0 saturated carbocycles. The maximum atomic E-state index is 12.0. The molecule has 1 amide bonds. The molecule has 0 radical (unpaired) electrons. The number of H-pyrrole nitrogens is 1. The number of carbonyl (C=O) groups excluding carboxylic acids is 1. The first-order valence-electron chi connectivity index (χ1n) is 7.07. The van der Waals surface area contributed by atoms with Crippen LogP contribution in [-0.2, 0) is 11.2 Å². The Kier molecular flexibility index (Phi) is 4.74. The molecule has 2 aromatic heterocycles. The summed E-state index contributed by atoms with van der Waals surface area (Å²) in [6.07, 6.45) is 3.10. The number of hydrogen-bond acceptors (Lipinski definition) is 5. The van der Waals surface area contributed by atoms with Crippen LogP contribution in [0.5, 0.6) is 0 Å². The van der Waals surface area contributed by atoms with Crippen LogP contribution in [0.4, 0.5) is 5.13 Å². The van der Waals surface area contributed by atoms with Crippen molar-refractivity contribution in [2.45, 2.75) is 24.1 Å². The van der Waals surface area contributed by atoms with Crippen LogP contribution >= 0.6 is 23.1 Å². The van der Waals surface area contributed by atoms with Gasteiger partial charge in [0.25, 0.3) is 0 Å². The van der Waals surface area contributed by atoms with E-state index in [1.54, 1.807) is 11.8 Å². The van der Waals surface area contributed by atoms with Crippen LogP contribution in [0.2, 0.25) is 0 Å². The number of aromatic nitrogens is 3. The minimum atomic E-state index is -0.0329. The van der Waals surface area contributed by atoms with Gasteiger partial charge in [0.2, 0.25) is 11.0 Å². The van der Waals surface area contributed by atoms with E-state index in [0.717, 1.165) is 21.2 Å². The summed E-state index contributed by atoms with van der Waals surface area (Å²) in [5.41, 5.74) is 2.26. The molecule has 0 aliphatic carbocycles. The molecule has 0 aliphatic rings. The summed E-state index contributed by atoms with van der Waals surface area (Å²) >= 11 is 3.04. The van der Waals surface area contributed by atoms with E-state index in [0.29, 0.717) is 18.0 Å². The highest BCUT2D eigenvalue weighted by Gasteiger charge is 2.10. The second-order valence-corrected chi connectivity index (χ2v) is 7.20. The molecule has 2 N–H and O–H groups in total. The number of aromatic amines is 1. The molecule has 22 heavy (non-hydrogen) atoms. The molecular formula is C15H16N4OS2. The maximum absolute atomic E-state index is 12.0. The van der Waals surface area contributed by atoms with Crippen molar-refractivity contribution in [2.75, 3.05) is 11.1 Å². The Bertz CT molecular complexity index is 781. The Balaban J connectivity index is 1.57. The number of nitrogens with zero attached hydrogens (tertiary/aromatic N) is 2.